The first-order valence-electron chi connectivity index (χ1n) is 4.44. The third-order valence-electron chi connectivity index (χ3n) is 1.87. The van der Waals surface area contributed by atoms with E-state index in [-0.39, 0.29) is 16.0 Å². The van der Waals surface area contributed by atoms with Crippen molar-refractivity contribution in [2.45, 2.75) is 10.0 Å². The highest BCUT2D eigenvalue weighted by atomic mass is 127. The minimum Gasteiger partial charge on any atom is -0.359 e. The van der Waals surface area contributed by atoms with Gasteiger partial charge in [-0.2, -0.15) is 0 Å². The first-order chi connectivity index (χ1) is 6.12. The Bertz CT molecular complexity index is 218. The highest BCUT2D eigenvalue weighted by molar-refractivity contribution is 14.1. The normalized spacial score (nSPS) is 25.1. The Morgan fingerprint density at radius 2 is 2.14 bits per heavy atom. The molecule has 0 N–H and O–H groups in total. The number of nitrogens with zero attached hydrogens (tertiary/aromatic N) is 1. The predicted molar refractivity (Wildman–Crippen MR) is 71.4 cm³/mol. The van der Waals surface area contributed by atoms with Gasteiger partial charge in [0.25, 0.3) is 0 Å². The van der Waals surface area contributed by atoms with Gasteiger partial charge in [0.2, 0.25) is 0 Å². The molecule has 1 rings (SSSR count). The molecule has 2 nitrogen and oxygen atoms in total. The molecular weight excluding hydrogens is 312 g/mol. The molecule has 0 aromatic carbocycles. The van der Waals surface area contributed by atoms with Crippen LogP contribution in [-0.4, -0.2) is 35.8 Å². The highest BCUT2D eigenvalue weighted by Gasteiger charge is 2.23. The van der Waals surface area contributed by atoms with Gasteiger partial charge in [0.1, 0.15) is 3.61 Å². The van der Waals surface area contributed by atoms with Crippen LogP contribution in [0.2, 0.25) is 0 Å². The summed E-state index contributed by atoms with van der Waals surface area (Å²) in [6.07, 6.45) is 9.33. The molecule has 4 heteroatoms. The Morgan fingerprint density at radius 1 is 1.43 bits per heavy atom. The summed E-state index contributed by atoms with van der Waals surface area (Å²) in [5.41, 5.74) is 0. The molecule has 1 unspecified atom stereocenters. The number of allylic oxidation sites excluding steroid dienone is 2. The molecule has 1 aliphatic carbocycles. The van der Waals surface area contributed by atoms with E-state index in [0.29, 0.717) is 0 Å². The van der Waals surface area contributed by atoms with Crippen LogP contribution in [-0.2, 0) is 4.74 Å². The minimum atomic E-state index is -0.109. The van der Waals surface area contributed by atoms with Crippen molar-refractivity contribution in [1.82, 2.24) is 4.90 Å². The zero-order chi connectivity index (χ0) is 9.73. The van der Waals surface area contributed by atoms with Crippen LogP contribution < -0.4 is 0 Å². The van der Waals surface area contributed by atoms with Gasteiger partial charge < -0.3 is 9.64 Å². The Morgan fingerprint density at radius 3 is 2.64 bits per heavy atom. The molecule has 0 radical (unpaired) electrons. The number of hydrogen-bond donors (Lipinski definition) is 0. The molecule has 1 atom stereocenters. The molecule has 0 bridgehead atoms. The van der Waals surface area contributed by atoms with Crippen molar-refractivity contribution in [1.29, 1.82) is 0 Å². The van der Waals surface area contributed by atoms with Crippen LogP contribution in [0.3, 0.4) is 0 Å². The van der Waals surface area contributed by atoms with E-state index in [2.05, 4.69) is 59.8 Å². The first-order valence-corrected chi connectivity index (χ1v) is 5.52. The number of alkyl halides is 1. The number of hydrogen-bond acceptors (Lipinski definition) is 2. The van der Waals surface area contributed by atoms with Crippen molar-refractivity contribution in [3.63, 3.8) is 0 Å². The second-order valence-corrected chi connectivity index (χ2v) is 5.26. The maximum absolute atomic E-state index is 5.79. The molecular formula is C10H17ClINO. The van der Waals surface area contributed by atoms with Gasteiger partial charge in [-0.05, 0) is 42.8 Å². The topological polar surface area (TPSA) is 12.5 Å². The zero-order valence-electron chi connectivity index (χ0n) is 8.57. The van der Waals surface area contributed by atoms with Crippen LogP contribution in [0.4, 0.5) is 0 Å². The second kappa shape index (κ2) is 6.82. The molecule has 0 heterocycles. The van der Waals surface area contributed by atoms with Crippen molar-refractivity contribution in [2.75, 3.05) is 27.2 Å². The highest BCUT2D eigenvalue weighted by Crippen LogP contribution is 2.29. The maximum Gasteiger partial charge on any atom is 0.141 e. The summed E-state index contributed by atoms with van der Waals surface area (Å²) in [6, 6.07) is 0. The van der Waals surface area contributed by atoms with E-state index >= 15 is 0 Å². The van der Waals surface area contributed by atoms with E-state index in [1.54, 1.807) is 0 Å². The number of likely N-dealkylation sites (N-methyl/N-ethyl adjacent to an activating group) is 1. The minimum absolute atomic E-state index is 0. The number of ether oxygens (including phenoxy) is 1. The summed E-state index contributed by atoms with van der Waals surface area (Å²) in [4.78, 5) is 2.13. The van der Waals surface area contributed by atoms with Crippen LogP contribution >= 0.6 is 35.0 Å². The van der Waals surface area contributed by atoms with Crippen molar-refractivity contribution in [2.24, 2.45) is 0 Å². The number of halogens is 2. The van der Waals surface area contributed by atoms with Gasteiger partial charge in [-0.1, -0.05) is 18.2 Å². The van der Waals surface area contributed by atoms with E-state index in [1.807, 2.05) is 6.08 Å². The van der Waals surface area contributed by atoms with Gasteiger partial charge in [0, 0.05) is 13.0 Å². The SMILES string of the molecule is CN(C)CCOC1(I)C=CC=CC1.Cl. The molecule has 0 aromatic heterocycles. The van der Waals surface area contributed by atoms with E-state index in [1.165, 1.54) is 0 Å². The fourth-order valence-corrected chi connectivity index (χ4v) is 1.76. The van der Waals surface area contributed by atoms with Crippen LogP contribution in [0.1, 0.15) is 6.42 Å². The Balaban J connectivity index is 0.00000169. The van der Waals surface area contributed by atoms with Gasteiger partial charge >= 0.3 is 0 Å². The Labute approximate surface area is 106 Å². The molecule has 0 aromatic rings. The Kier molecular flexibility index (Phi) is 7.03. The first kappa shape index (κ1) is 14.4. The number of rotatable bonds is 4. The standard InChI is InChI=1S/C10H16INO.ClH/c1-12(2)8-9-13-10(11)6-4-3-5-7-10;/h3-6H,7-9H2,1-2H3;1H. The lowest BCUT2D eigenvalue weighted by atomic mass is 10.1. The van der Waals surface area contributed by atoms with Gasteiger partial charge in [-0.15, -0.1) is 12.4 Å². The van der Waals surface area contributed by atoms with E-state index in [4.69, 9.17) is 4.74 Å². The van der Waals surface area contributed by atoms with Gasteiger partial charge in [0.15, 0.2) is 0 Å². The molecule has 82 valence electrons. The summed E-state index contributed by atoms with van der Waals surface area (Å²) < 4.78 is 5.68. The van der Waals surface area contributed by atoms with Crippen LogP contribution in [0.25, 0.3) is 0 Å². The van der Waals surface area contributed by atoms with E-state index < -0.39 is 0 Å². The third kappa shape index (κ3) is 5.34. The van der Waals surface area contributed by atoms with Crippen molar-refractivity contribution in [3.8, 4) is 0 Å². The maximum atomic E-state index is 5.79. The molecule has 0 amide bonds. The fourth-order valence-electron chi connectivity index (χ4n) is 1.08. The van der Waals surface area contributed by atoms with E-state index in [9.17, 15) is 0 Å². The van der Waals surface area contributed by atoms with E-state index in [0.717, 1.165) is 19.6 Å². The molecule has 14 heavy (non-hydrogen) atoms. The van der Waals surface area contributed by atoms with Crippen LogP contribution in [0.15, 0.2) is 24.3 Å². The quantitative estimate of drug-likeness (QED) is 0.581. The molecule has 0 saturated heterocycles. The smallest absolute Gasteiger partial charge is 0.141 e. The average molecular weight is 330 g/mol. The average Bonchev–Trinajstić information content (AvgIpc) is 2.04. The van der Waals surface area contributed by atoms with Gasteiger partial charge in [-0.25, -0.2) is 0 Å². The molecule has 0 fully saturated rings. The predicted octanol–water partition coefficient (Wildman–Crippen LogP) is 2.63. The third-order valence-corrected chi connectivity index (χ3v) is 2.98. The van der Waals surface area contributed by atoms with Crippen LogP contribution in [0.5, 0.6) is 0 Å². The zero-order valence-corrected chi connectivity index (χ0v) is 11.5. The van der Waals surface area contributed by atoms with Crippen molar-refractivity contribution in [3.05, 3.63) is 24.3 Å². The molecule has 0 spiro atoms. The lowest BCUT2D eigenvalue weighted by Crippen LogP contribution is -2.27. The van der Waals surface area contributed by atoms with Gasteiger partial charge in [0.05, 0.1) is 6.61 Å². The Hall–Kier alpha value is 0.420. The van der Waals surface area contributed by atoms with Crippen LogP contribution in [0, 0.1) is 0 Å². The lowest BCUT2D eigenvalue weighted by Gasteiger charge is -2.25. The molecule has 0 aliphatic heterocycles. The summed E-state index contributed by atoms with van der Waals surface area (Å²) in [5, 5.41) is 0. The summed E-state index contributed by atoms with van der Waals surface area (Å²) in [7, 11) is 4.11. The fraction of sp³-hybridized carbons (Fsp3) is 0.600. The summed E-state index contributed by atoms with van der Waals surface area (Å²) in [5.74, 6) is 0. The lowest BCUT2D eigenvalue weighted by molar-refractivity contribution is 0.0631. The summed E-state index contributed by atoms with van der Waals surface area (Å²) >= 11 is 2.36. The second-order valence-electron chi connectivity index (χ2n) is 3.43. The van der Waals surface area contributed by atoms with Gasteiger partial charge in [-0.3, -0.25) is 0 Å². The molecule has 1 aliphatic rings. The van der Waals surface area contributed by atoms with Crippen molar-refractivity contribution >= 4 is 35.0 Å². The van der Waals surface area contributed by atoms with Crippen molar-refractivity contribution < 1.29 is 4.74 Å². The monoisotopic (exact) mass is 329 g/mol. The molecule has 0 saturated carbocycles. The largest absolute Gasteiger partial charge is 0.359 e. The summed E-state index contributed by atoms with van der Waals surface area (Å²) in [6.45, 7) is 1.76.